The number of para-hydroxylation sites is 1. The van der Waals surface area contributed by atoms with Crippen LogP contribution in [0.15, 0.2) is 60.9 Å². The van der Waals surface area contributed by atoms with E-state index in [4.69, 9.17) is 17.2 Å². The van der Waals surface area contributed by atoms with Crippen LogP contribution in [0.25, 0.3) is 10.9 Å². The number of benzene rings is 2. The lowest BCUT2D eigenvalue weighted by Crippen LogP contribution is -2.52. The summed E-state index contributed by atoms with van der Waals surface area (Å²) in [6.07, 6.45) is -5.19. The molecule has 0 spiro atoms. The van der Waals surface area contributed by atoms with E-state index in [9.17, 15) is 73.2 Å². The number of primary amides is 3. The quantitative estimate of drug-likeness (QED) is 0.0263. The van der Waals surface area contributed by atoms with E-state index in [0.717, 1.165) is 46.3 Å². The Labute approximate surface area is 700 Å². The summed E-state index contributed by atoms with van der Waals surface area (Å²) in [5, 5.41) is 69.7. The lowest BCUT2D eigenvalue weighted by molar-refractivity contribution is -0.148. The largest absolute Gasteiger partial charge is 0.508 e. The maximum Gasteiger partial charge on any atom is 0.312 e. The topological polar surface area (TPSA) is 600 Å². The molecule has 39 heteroatoms. The first-order valence-corrected chi connectivity index (χ1v) is 43.1. The average molecular weight is 1710 g/mol. The number of nitrogens with two attached hydrogens (primary N) is 3. The van der Waals surface area contributed by atoms with Gasteiger partial charge in [-0.25, -0.2) is 9.59 Å². The molecule has 3 aliphatic rings. The number of H-pyrrole nitrogens is 1. The third-order valence-corrected chi connectivity index (χ3v) is 24.1. The van der Waals surface area contributed by atoms with Crippen molar-refractivity contribution in [2.45, 2.75) is 230 Å². The average Bonchev–Trinajstić information content (AvgIpc) is 1.66. The number of nitrogens with one attached hydrogen (secondary N) is 8. The number of carboxylic acids is 2. The van der Waals surface area contributed by atoms with E-state index in [1.165, 1.54) is 35.1 Å². The normalized spacial score (nSPS) is 23.4. The van der Waals surface area contributed by atoms with Crippen molar-refractivity contribution in [3.8, 4) is 5.75 Å². The van der Waals surface area contributed by atoms with E-state index in [1.807, 2.05) is 6.92 Å². The van der Waals surface area contributed by atoms with Crippen molar-refractivity contribution in [3.63, 3.8) is 0 Å². The summed E-state index contributed by atoms with van der Waals surface area (Å²) in [7, 11) is 1.80. The van der Waals surface area contributed by atoms with E-state index in [1.54, 1.807) is 30.5 Å². The molecule has 0 saturated carbocycles. The van der Waals surface area contributed by atoms with Crippen LogP contribution in [-0.4, -0.2) is 225 Å². The third kappa shape index (κ3) is 31.3. The summed E-state index contributed by atoms with van der Waals surface area (Å²) in [6, 6.07) is 1.15. The molecule has 3 aliphatic heterocycles. The zero-order chi connectivity index (χ0) is 87.7. The molecule has 13 atom stereocenters. The second-order valence-electron chi connectivity index (χ2n) is 31.1. The smallest absolute Gasteiger partial charge is 0.312 e. The number of aryl methyl sites for hydroxylation is 1. The number of phenols is 1. The van der Waals surface area contributed by atoms with Crippen molar-refractivity contribution in [2.75, 3.05) is 31.1 Å². The summed E-state index contributed by atoms with van der Waals surface area (Å²) < 4.78 is 1.28. The van der Waals surface area contributed by atoms with E-state index in [0.29, 0.717) is 28.5 Å². The Morgan fingerprint density at radius 3 is 1.93 bits per heavy atom. The highest BCUT2D eigenvalue weighted by Gasteiger charge is 2.43. The number of aliphatic hydroxyl groups is 1. The number of fused-ring (bicyclic) bond motifs is 12. The van der Waals surface area contributed by atoms with Gasteiger partial charge in [-0.05, 0) is 107 Å². The molecule has 120 heavy (non-hydrogen) atoms. The number of hydrogen-bond acceptors (Lipinski definition) is 24. The zero-order valence-electron chi connectivity index (χ0n) is 67.4. The maximum atomic E-state index is 15.6. The number of phenolic OH excluding ortho intramolecular Hbond substituents is 1. The van der Waals surface area contributed by atoms with E-state index < -0.39 is 248 Å². The first-order chi connectivity index (χ1) is 57.2. The van der Waals surface area contributed by atoms with Gasteiger partial charge in [-0.15, -0.1) is 5.10 Å². The first kappa shape index (κ1) is 96.2. The molecule has 2 aromatic heterocycles. The SMILES string of the molecule is CCCCCC(=O)CCC(=O)N[C@H]1CSSC[C@@H]2NC(=O)[C@H](CCCNC(N)=O)CC(=O)[C@@H]3CCCN3C(=O)[C@H](CC(=O)O)CC(=O)[C@H]([C@@H](C)O)NC(=O)[C@@H](CC1=O)Cc1cn(nn1)CCC[C@@H](C(=O)C[C@@H](Cc1ccc(O)cc1)C(=O)O)NC(=O)[C@H](CCC(N)=O)CC(=O)[C@H](Cc1c[nH]c3ccccc13)NC(=O)[C@H](CCCNC(N)=O)CC2=O. The van der Waals surface area contributed by atoms with Crippen LogP contribution < -0.4 is 54.4 Å². The van der Waals surface area contributed by atoms with Crippen molar-refractivity contribution >= 4 is 138 Å². The molecule has 7 rings (SSSR count). The van der Waals surface area contributed by atoms with Gasteiger partial charge in [-0.1, -0.05) is 76.9 Å². The van der Waals surface area contributed by atoms with Gasteiger partial charge in [-0.3, -0.25) is 81.4 Å². The van der Waals surface area contributed by atoms with E-state index >= 15 is 33.6 Å². The number of aliphatic hydroxyl groups excluding tert-OH is 1. The highest BCUT2D eigenvalue weighted by molar-refractivity contribution is 8.76. The second kappa shape index (κ2) is 48.3. The molecule has 11 amide bonds. The second-order valence-corrected chi connectivity index (χ2v) is 33.6. The lowest BCUT2D eigenvalue weighted by Gasteiger charge is -2.30. The zero-order valence-corrected chi connectivity index (χ0v) is 69.0. The molecule has 654 valence electrons. The molecular formula is C81H111N15O22S2. The third-order valence-electron chi connectivity index (χ3n) is 21.6. The molecule has 0 aliphatic carbocycles. The molecule has 18 N–H and O–H groups in total. The Morgan fingerprint density at radius 1 is 0.642 bits per heavy atom. The molecule has 4 aromatic rings. The number of unbranched alkanes of at least 4 members (excludes halogenated alkanes) is 2. The van der Waals surface area contributed by atoms with E-state index in [-0.39, 0.29) is 133 Å². The van der Waals surface area contributed by atoms with Crippen LogP contribution in [-0.2, 0) is 103 Å². The molecule has 5 heterocycles. The van der Waals surface area contributed by atoms with Gasteiger partial charge in [0.05, 0.1) is 66.2 Å². The Kier molecular flexibility index (Phi) is 38.7. The number of ketones is 7. The molecule has 2 fully saturated rings. The molecular weight excluding hydrogens is 1600 g/mol. The van der Waals surface area contributed by atoms with Gasteiger partial charge in [0.1, 0.15) is 17.6 Å². The summed E-state index contributed by atoms with van der Waals surface area (Å²) in [6.45, 7) is 2.54. The number of aliphatic carboxylic acids is 2. The fourth-order valence-electron chi connectivity index (χ4n) is 15.0. The van der Waals surface area contributed by atoms with Crippen LogP contribution in [0.4, 0.5) is 9.59 Å². The van der Waals surface area contributed by atoms with Gasteiger partial charge in [0, 0.05) is 156 Å². The van der Waals surface area contributed by atoms with Crippen molar-refractivity contribution in [1.29, 1.82) is 0 Å². The summed E-state index contributed by atoms with van der Waals surface area (Å²) in [4.78, 5) is 260. The molecule has 2 aromatic carbocycles. The Bertz CT molecular complexity index is 4330. The monoisotopic (exact) mass is 1710 g/mol. The number of carbonyl (C=O) groups is 18. The number of rotatable bonds is 30. The highest BCUT2D eigenvalue weighted by atomic mass is 33.1. The number of carboxylic acid groups (broad SMARTS) is 2. The fraction of sp³-hybridized carbons (Fsp3) is 0.580. The molecule has 0 unspecified atom stereocenters. The standard InChI is InChI=1S/C81H111N15O22S2/c1-3-4-5-14-55(98)24-26-71(107)88-61-43-119-120-44-62-66(102)34-47(12-8-27-85-80(83)117)74(110)90-60(33-53-41-87-58-16-7-6-15-57(53)58)65(101)35-49(21-25-70(82)106)76(112)89-59(64(100)39-52(79(115)116)31-46-19-22-56(99)23-20-46)17-10-29-95-42-54(93-94-95)32-50(37-67(61)103)77(113)92-73(45(2)97)69(105)38-51(40-72(108)109)78(114)96-30-11-18-63(96)68(104)36-48(75(111)91-62)13-9-28-86-81(84)118/h6-7,15-16,19-20,22-23,41-42,45,47-52,59-63,73,87,97,99H,3-5,8-14,17-18,21,24-40,43-44H2,1-2H3,(H2,82,106)(H,88,107)(H,89,112)(H,90,110)(H,91,111)(H,92,113)(H,108,109)(H,115,116)(H3,83,85,117)(H3,84,86,118)/t45-,47-,48-,49-,50-,51+,52-,59+,60+,61+,62+,63+,73+/m1/s1. The van der Waals surface area contributed by atoms with Gasteiger partial charge in [-0.2, -0.15) is 0 Å². The van der Waals surface area contributed by atoms with Crippen LogP contribution in [0.1, 0.15) is 178 Å². The number of amides is 11. The number of carbonyl (C=O) groups excluding carboxylic acids is 16. The summed E-state index contributed by atoms with van der Waals surface area (Å²) >= 11 is 0. The van der Waals surface area contributed by atoms with Crippen molar-refractivity contribution < 1.29 is 107 Å². The molecule has 0 radical (unpaired) electrons. The maximum absolute atomic E-state index is 15.6. The van der Waals surface area contributed by atoms with Crippen LogP contribution in [0, 0.1) is 35.5 Å². The number of aromatic hydroxyl groups is 1. The highest BCUT2D eigenvalue weighted by Crippen LogP contribution is 2.32. The van der Waals surface area contributed by atoms with Crippen LogP contribution in [0.5, 0.6) is 5.75 Å². The van der Waals surface area contributed by atoms with Crippen LogP contribution >= 0.6 is 21.6 Å². The predicted molar refractivity (Wildman–Crippen MR) is 437 cm³/mol. The Morgan fingerprint density at radius 2 is 1.27 bits per heavy atom. The summed E-state index contributed by atoms with van der Waals surface area (Å²) in [5.41, 5.74) is 18.1. The van der Waals surface area contributed by atoms with Gasteiger partial charge < -0.3 is 84.7 Å². The number of nitrogens with zero attached hydrogens (tertiary/aromatic N) is 4. The minimum Gasteiger partial charge on any atom is -0.508 e. The Balaban J connectivity index is 1.42. The van der Waals surface area contributed by atoms with Crippen molar-refractivity contribution in [2.24, 2.45) is 52.7 Å². The van der Waals surface area contributed by atoms with Crippen molar-refractivity contribution in [3.05, 3.63) is 77.7 Å². The lowest BCUT2D eigenvalue weighted by atomic mass is 9.88. The summed E-state index contributed by atoms with van der Waals surface area (Å²) in [5.74, 6) is -24.8. The number of aromatic amines is 1. The van der Waals surface area contributed by atoms with Crippen molar-refractivity contribution in [1.82, 2.24) is 62.1 Å². The fourth-order valence-corrected chi connectivity index (χ4v) is 17.4. The van der Waals surface area contributed by atoms with Gasteiger partial charge in [0.25, 0.3) is 0 Å². The van der Waals surface area contributed by atoms with Gasteiger partial charge in [0.2, 0.25) is 41.4 Å². The number of hydrogen-bond donors (Lipinski definition) is 15. The van der Waals surface area contributed by atoms with E-state index in [2.05, 4.69) is 52.5 Å². The van der Waals surface area contributed by atoms with Crippen LogP contribution in [0.2, 0.25) is 0 Å². The minimum absolute atomic E-state index is 0.00411. The number of urea groups is 2. The van der Waals surface area contributed by atoms with Gasteiger partial charge >= 0.3 is 24.0 Å². The molecule has 4 bridgehead atoms. The number of Topliss-reactive ketones (excluding diaryl/α,β-unsaturated/α-hetero) is 7. The van der Waals surface area contributed by atoms with Gasteiger partial charge in [0.15, 0.2) is 34.7 Å². The minimum atomic E-state index is -1.91. The predicted octanol–water partition coefficient (Wildman–Crippen LogP) is 2.58. The Hall–Kier alpha value is -11.0. The van der Waals surface area contributed by atoms with Crippen LogP contribution in [0.3, 0.4) is 0 Å². The number of aromatic nitrogens is 4. The molecule has 2 saturated heterocycles. The first-order valence-electron chi connectivity index (χ1n) is 40.6. The molecule has 37 nitrogen and oxygen atoms in total.